The SMILES string of the molecule is COC(C)CNC(C)(CO)CO. The van der Waals surface area contributed by atoms with Gasteiger partial charge in [-0.05, 0) is 13.8 Å². The number of hydrogen-bond acceptors (Lipinski definition) is 4. The van der Waals surface area contributed by atoms with E-state index in [2.05, 4.69) is 5.32 Å². The van der Waals surface area contributed by atoms with Gasteiger partial charge in [0.1, 0.15) is 0 Å². The molecule has 0 aliphatic rings. The molecule has 0 aromatic rings. The average molecular weight is 177 g/mol. The van der Waals surface area contributed by atoms with E-state index in [1.807, 2.05) is 6.92 Å². The molecule has 0 aromatic heterocycles. The quantitative estimate of drug-likeness (QED) is 0.505. The van der Waals surface area contributed by atoms with Gasteiger partial charge in [0.15, 0.2) is 0 Å². The Hall–Kier alpha value is -0.160. The molecule has 0 aliphatic heterocycles. The average Bonchev–Trinajstić information content (AvgIpc) is 2.13. The largest absolute Gasteiger partial charge is 0.394 e. The van der Waals surface area contributed by atoms with E-state index in [0.717, 1.165) is 0 Å². The molecule has 0 heterocycles. The Kier molecular flexibility index (Phi) is 5.41. The zero-order valence-electron chi connectivity index (χ0n) is 8.00. The summed E-state index contributed by atoms with van der Waals surface area (Å²) in [6, 6.07) is 0. The molecule has 0 fully saturated rings. The van der Waals surface area contributed by atoms with Gasteiger partial charge < -0.3 is 20.3 Å². The molecule has 0 rings (SSSR count). The minimum absolute atomic E-state index is 0.0834. The third-order valence-corrected chi connectivity index (χ3v) is 1.92. The number of nitrogens with one attached hydrogen (secondary N) is 1. The van der Waals surface area contributed by atoms with Crippen molar-refractivity contribution in [2.24, 2.45) is 0 Å². The zero-order chi connectivity index (χ0) is 9.61. The van der Waals surface area contributed by atoms with Gasteiger partial charge in [-0.2, -0.15) is 0 Å². The van der Waals surface area contributed by atoms with Gasteiger partial charge in [0, 0.05) is 13.7 Å². The molecule has 0 saturated heterocycles. The monoisotopic (exact) mass is 177 g/mol. The van der Waals surface area contributed by atoms with Crippen molar-refractivity contribution in [2.75, 3.05) is 26.9 Å². The van der Waals surface area contributed by atoms with Crippen molar-refractivity contribution in [2.45, 2.75) is 25.5 Å². The van der Waals surface area contributed by atoms with Crippen molar-refractivity contribution in [3.63, 3.8) is 0 Å². The summed E-state index contributed by atoms with van der Waals surface area (Å²) in [7, 11) is 1.63. The third-order valence-electron chi connectivity index (χ3n) is 1.92. The van der Waals surface area contributed by atoms with Crippen LogP contribution in [0.1, 0.15) is 13.8 Å². The predicted octanol–water partition coefficient (Wildman–Crippen LogP) is -0.646. The molecule has 74 valence electrons. The van der Waals surface area contributed by atoms with Crippen LogP contribution in [0.4, 0.5) is 0 Å². The highest BCUT2D eigenvalue weighted by molar-refractivity contribution is 4.81. The molecule has 0 saturated carbocycles. The van der Waals surface area contributed by atoms with Crippen LogP contribution in [0.2, 0.25) is 0 Å². The van der Waals surface area contributed by atoms with Crippen LogP contribution in [-0.2, 0) is 4.74 Å². The summed E-state index contributed by atoms with van der Waals surface area (Å²) in [6.45, 7) is 4.13. The molecular formula is C8H19NO3. The lowest BCUT2D eigenvalue weighted by atomic mass is 10.1. The molecule has 1 atom stereocenters. The first-order valence-electron chi connectivity index (χ1n) is 4.07. The van der Waals surface area contributed by atoms with Crippen LogP contribution in [0, 0.1) is 0 Å². The lowest BCUT2D eigenvalue weighted by molar-refractivity contribution is 0.0715. The van der Waals surface area contributed by atoms with Crippen LogP contribution in [0.5, 0.6) is 0 Å². The number of methoxy groups -OCH3 is 1. The van der Waals surface area contributed by atoms with Crippen LogP contribution in [0.25, 0.3) is 0 Å². The summed E-state index contributed by atoms with van der Waals surface area (Å²) >= 11 is 0. The molecule has 0 radical (unpaired) electrons. The fourth-order valence-corrected chi connectivity index (χ4v) is 0.635. The minimum atomic E-state index is -0.604. The normalized spacial score (nSPS) is 14.8. The highest BCUT2D eigenvalue weighted by Gasteiger charge is 2.21. The standard InChI is InChI=1S/C8H19NO3/c1-7(12-3)4-9-8(2,5-10)6-11/h7,9-11H,4-6H2,1-3H3. The highest BCUT2D eigenvalue weighted by atomic mass is 16.5. The van der Waals surface area contributed by atoms with Crippen LogP contribution in [0.3, 0.4) is 0 Å². The van der Waals surface area contributed by atoms with Gasteiger partial charge in [0.25, 0.3) is 0 Å². The summed E-state index contributed by atoms with van der Waals surface area (Å²) in [4.78, 5) is 0. The molecule has 0 amide bonds. The fraction of sp³-hybridized carbons (Fsp3) is 1.00. The zero-order valence-corrected chi connectivity index (χ0v) is 8.00. The smallest absolute Gasteiger partial charge is 0.0667 e. The van der Waals surface area contributed by atoms with E-state index in [-0.39, 0.29) is 19.3 Å². The topological polar surface area (TPSA) is 61.7 Å². The van der Waals surface area contributed by atoms with E-state index in [1.54, 1.807) is 14.0 Å². The van der Waals surface area contributed by atoms with Crippen LogP contribution in [-0.4, -0.2) is 48.7 Å². The van der Waals surface area contributed by atoms with Crippen LogP contribution in [0.15, 0.2) is 0 Å². The van der Waals surface area contributed by atoms with Gasteiger partial charge in [0.05, 0.1) is 24.9 Å². The molecule has 4 nitrogen and oxygen atoms in total. The lowest BCUT2D eigenvalue weighted by Crippen LogP contribution is -2.51. The van der Waals surface area contributed by atoms with E-state index in [4.69, 9.17) is 14.9 Å². The Bertz CT molecular complexity index is 115. The van der Waals surface area contributed by atoms with Gasteiger partial charge >= 0.3 is 0 Å². The molecule has 0 aliphatic carbocycles. The first-order chi connectivity index (χ1) is 5.58. The first kappa shape index (κ1) is 11.8. The van der Waals surface area contributed by atoms with E-state index in [1.165, 1.54) is 0 Å². The maximum atomic E-state index is 8.91. The summed E-state index contributed by atoms with van der Waals surface area (Å²) in [5, 5.41) is 20.8. The number of aliphatic hydroxyl groups excluding tert-OH is 2. The summed E-state index contributed by atoms with van der Waals surface area (Å²) in [6.07, 6.45) is 0.0856. The maximum absolute atomic E-state index is 8.91. The summed E-state index contributed by atoms with van der Waals surface area (Å²) < 4.78 is 5.01. The minimum Gasteiger partial charge on any atom is -0.394 e. The molecule has 4 heteroatoms. The van der Waals surface area contributed by atoms with Crippen LogP contribution >= 0.6 is 0 Å². The third kappa shape index (κ3) is 4.01. The second-order valence-electron chi connectivity index (χ2n) is 3.30. The van der Waals surface area contributed by atoms with E-state index in [0.29, 0.717) is 6.54 Å². The molecule has 0 spiro atoms. The molecule has 0 aromatic carbocycles. The van der Waals surface area contributed by atoms with E-state index >= 15 is 0 Å². The Morgan fingerprint density at radius 2 is 1.92 bits per heavy atom. The number of ether oxygens (including phenoxy) is 1. The maximum Gasteiger partial charge on any atom is 0.0667 e. The Balaban J connectivity index is 3.72. The van der Waals surface area contributed by atoms with Gasteiger partial charge in [-0.3, -0.25) is 0 Å². The van der Waals surface area contributed by atoms with Crippen molar-refractivity contribution in [3.8, 4) is 0 Å². The predicted molar refractivity (Wildman–Crippen MR) is 47.1 cm³/mol. The molecular weight excluding hydrogens is 158 g/mol. The number of rotatable bonds is 6. The van der Waals surface area contributed by atoms with Crippen molar-refractivity contribution in [1.82, 2.24) is 5.32 Å². The number of hydrogen-bond donors (Lipinski definition) is 3. The van der Waals surface area contributed by atoms with Gasteiger partial charge in [-0.25, -0.2) is 0 Å². The summed E-state index contributed by atoms with van der Waals surface area (Å²) in [5.74, 6) is 0. The molecule has 3 N–H and O–H groups in total. The Morgan fingerprint density at radius 1 is 1.42 bits per heavy atom. The highest BCUT2D eigenvalue weighted by Crippen LogP contribution is 2.00. The Labute approximate surface area is 73.5 Å². The molecule has 1 unspecified atom stereocenters. The molecule has 0 bridgehead atoms. The van der Waals surface area contributed by atoms with Gasteiger partial charge in [-0.1, -0.05) is 0 Å². The van der Waals surface area contributed by atoms with E-state index < -0.39 is 5.54 Å². The molecule has 12 heavy (non-hydrogen) atoms. The summed E-state index contributed by atoms with van der Waals surface area (Å²) in [5.41, 5.74) is -0.604. The Morgan fingerprint density at radius 3 is 2.25 bits per heavy atom. The fourth-order valence-electron chi connectivity index (χ4n) is 0.635. The van der Waals surface area contributed by atoms with Crippen molar-refractivity contribution in [3.05, 3.63) is 0 Å². The van der Waals surface area contributed by atoms with Crippen molar-refractivity contribution < 1.29 is 14.9 Å². The lowest BCUT2D eigenvalue weighted by Gasteiger charge is -2.27. The van der Waals surface area contributed by atoms with Gasteiger partial charge in [0.2, 0.25) is 0 Å². The van der Waals surface area contributed by atoms with E-state index in [9.17, 15) is 0 Å². The van der Waals surface area contributed by atoms with Crippen molar-refractivity contribution >= 4 is 0 Å². The van der Waals surface area contributed by atoms with Gasteiger partial charge in [-0.15, -0.1) is 0 Å². The second kappa shape index (κ2) is 5.48. The van der Waals surface area contributed by atoms with Crippen molar-refractivity contribution in [1.29, 1.82) is 0 Å². The van der Waals surface area contributed by atoms with Crippen LogP contribution < -0.4 is 5.32 Å². The number of aliphatic hydroxyl groups is 2. The first-order valence-corrected chi connectivity index (χ1v) is 4.07. The second-order valence-corrected chi connectivity index (χ2v) is 3.30.